The number of benzene rings is 3. The van der Waals surface area contributed by atoms with Crippen molar-refractivity contribution >= 4 is 22.7 Å². The number of fused-ring (bicyclic) bond motifs is 1. The molecule has 1 heterocycles. The number of hydrogen-bond donors (Lipinski definition) is 3. The first-order valence-corrected chi connectivity index (χ1v) is 10.7. The van der Waals surface area contributed by atoms with E-state index < -0.39 is 12.0 Å². The van der Waals surface area contributed by atoms with E-state index in [-0.39, 0.29) is 12.2 Å². The van der Waals surface area contributed by atoms with Crippen molar-refractivity contribution in [2.45, 2.75) is 18.9 Å². The Bertz CT molecular complexity index is 1320. The number of H-pyrrole nitrogens is 1. The number of hydrogen-bond acceptors (Lipinski definition) is 4. The SMILES string of the molecule is N#Cc1ccc(CCN[C@@H](C(=O)c2c[nH]c3cc(CC(=O)O)ccc23)c2ccccc2)cc1. The molecule has 0 unspecified atom stereocenters. The van der Waals surface area contributed by atoms with E-state index >= 15 is 0 Å². The second kappa shape index (κ2) is 9.94. The van der Waals surface area contributed by atoms with Crippen LogP contribution in [0.25, 0.3) is 10.9 Å². The van der Waals surface area contributed by atoms with Gasteiger partial charge >= 0.3 is 5.97 Å². The minimum Gasteiger partial charge on any atom is -0.481 e. The van der Waals surface area contributed by atoms with Crippen molar-refractivity contribution in [2.24, 2.45) is 0 Å². The molecule has 1 atom stereocenters. The van der Waals surface area contributed by atoms with Crippen molar-refractivity contribution in [1.29, 1.82) is 5.26 Å². The van der Waals surface area contributed by atoms with Crippen LogP contribution in [0.5, 0.6) is 0 Å². The van der Waals surface area contributed by atoms with Gasteiger partial charge in [-0.1, -0.05) is 54.6 Å². The zero-order chi connectivity index (χ0) is 23.2. The number of aliphatic carboxylic acids is 1. The Morgan fingerprint density at radius 1 is 1.00 bits per heavy atom. The van der Waals surface area contributed by atoms with Crippen LogP contribution in [0.4, 0.5) is 0 Å². The number of rotatable bonds is 9. The summed E-state index contributed by atoms with van der Waals surface area (Å²) in [6.45, 7) is 0.586. The Hall–Kier alpha value is -4.21. The van der Waals surface area contributed by atoms with Crippen LogP contribution >= 0.6 is 0 Å². The lowest BCUT2D eigenvalue weighted by molar-refractivity contribution is -0.136. The summed E-state index contributed by atoms with van der Waals surface area (Å²) in [5.74, 6) is -0.953. The van der Waals surface area contributed by atoms with E-state index in [4.69, 9.17) is 10.4 Å². The van der Waals surface area contributed by atoms with Gasteiger partial charge in [-0.15, -0.1) is 0 Å². The number of carbonyl (C=O) groups is 2. The van der Waals surface area contributed by atoms with E-state index in [2.05, 4.69) is 16.4 Å². The molecule has 0 aliphatic rings. The van der Waals surface area contributed by atoms with Crippen molar-refractivity contribution < 1.29 is 14.7 Å². The molecule has 4 rings (SSSR count). The van der Waals surface area contributed by atoms with Gasteiger partial charge in [-0.05, 0) is 41.3 Å². The second-order valence-corrected chi connectivity index (χ2v) is 7.87. The molecule has 0 fully saturated rings. The summed E-state index contributed by atoms with van der Waals surface area (Å²) in [5.41, 5.74) is 4.55. The first-order valence-electron chi connectivity index (χ1n) is 10.7. The number of carbonyl (C=O) groups excluding carboxylic acids is 1. The summed E-state index contributed by atoms with van der Waals surface area (Å²) >= 11 is 0. The largest absolute Gasteiger partial charge is 0.481 e. The molecule has 33 heavy (non-hydrogen) atoms. The van der Waals surface area contributed by atoms with Crippen LogP contribution in [0.2, 0.25) is 0 Å². The van der Waals surface area contributed by atoms with E-state index in [1.165, 1.54) is 0 Å². The molecule has 3 N–H and O–H groups in total. The number of nitriles is 1. The third-order valence-corrected chi connectivity index (χ3v) is 5.61. The third-order valence-electron chi connectivity index (χ3n) is 5.61. The number of nitrogens with one attached hydrogen (secondary N) is 2. The van der Waals surface area contributed by atoms with Crippen LogP contribution in [0, 0.1) is 11.3 Å². The number of Topliss-reactive ketones (excluding diaryl/α,β-unsaturated/α-hetero) is 1. The van der Waals surface area contributed by atoms with Crippen LogP contribution in [0.15, 0.2) is 79.0 Å². The summed E-state index contributed by atoms with van der Waals surface area (Å²) in [6.07, 6.45) is 2.34. The lowest BCUT2D eigenvalue weighted by Crippen LogP contribution is -2.30. The Morgan fingerprint density at radius 2 is 1.73 bits per heavy atom. The van der Waals surface area contributed by atoms with Crippen LogP contribution in [0.1, 0.15) is 38.7 Å². The molecule has 0 spiro atoms. The zero-order valence-electron chi connectivity index (χ0n) is 17.9. The van der Waals surface area contributed by atoms with Gasteiger partial charge in [0, 0.05) is 29.2 Å². The maximum atomic E-state index is 13.6. The minimum absolute atomic E-state index is 0.0572. The summed E-state index contributed by atoms with van der Waals surface area (Å²) in [4.78, 5) is 27.7. The summed E-state index contributed by atoms with van der Waals surface area (Å²) in [6, 6.07) is 23.9. The zero-order valence-corrected chi connectivity index (χ0v) is 17.9. The average Bonchev–Trinajstić information content (AvgIpc) is 3.25. The Labute approximate surface area is 191 Å². The molecule has 4 aromatic rings. The third kappa shape index (κ3) is 5.17. The number of ketones is 1. The summed E-state index contributed by atoms with van der Waals surface area (Å²) < 4.78 is 0. The first kappa shape index (κ1) is 22.0. The van der Waals surface area contributed by atoms with E-state index in [1.807, 2.05) is 42.5 Å². The highest BCUT2D eigenvalue weighted by molar-refractivity contribution is 6.10. The highest BCUT2D eigenvalue weighted by Crippen LogP contribution is 2.26. The topological polar surface area (TPSA) is 106 Å². The average molecular weight is 437 g/mol. The molecule has 3 aromatic carbocycles. The molecule has 0 radical (unpaired) electrons. The number of aromatic nitrogens is 1. The summed E-state index contributed by atoms with van der Waals surface area (Å²) in [5, 5.41) is 22.2. The lowest BCUT2D eigenvalue weighted by Gasteiger charge is -2.18. The van der Waals surface area contributed by atoms with Gasteiger partial charge in [0.1, 0.15) is 0 Å². The molecular formula is C27H23N3O3. The maximum Gasteiger partial charge on any atom is 0.307 e. The molecule has 164 valence electrons. The van der Waals surface area contributed by atoms with Gasteiger partial charge in [0.15, 0.2) is 5.78 Å². The predicted octanol–water partition coefficient (Wildman–Crippen LogP) is 4.42. The fraction of sp³-hybridized carbons (Fsp3) is 0.148. The van der Waals surface area contributed by atoms with E-state index in [1.54, 1.807) is 36.5 Å². The first-order chi connectivity index (χ1) is 16.0. The van der Waals surface area contributed by atoms with Gasteiger partial charge in [-0.3, -0.25) is 9.59 Å². The molecule has 0 saturated heterocycles. The fourth-order valence-electron chi connectivity index (χ4n) is 3.93. The molecule has 0 amide bonds. The van der Waals surface area contributed by atoms with E-state index in [9.17, 15) is 9.59 Å². The monoisotopic (exact) mass is 437 g/mol. The van der Waals surface area contributed by atoms with Gasteiger partial charge in [0.05, 0.1) is 24.1 Å². The maximum absolute atomic E-state index is 13.6. The molecular weight excluding hydrogens is 414 g/mol. The van der Waals surface area contributed by atoms with Gasteiger partial charge in [-0.25, -0.2) is 0 Å². The molecule has 0 aliphatic heterocycles. The number of aromatic amines is 1. The highest BCUT2D eigenvalue weighted by atomic mass is 16.4. The second-order valence-electron chi connectivity index (χ2n) is 7.87. The number of carboxylic acid groups (broad SMARTS) is 1. The van der Waals surface area contributed by atoms with Gasteiger partial charge in [-0.2, -0.15) is 5.26 Å². The normalized spacial score (nSPS) is 11.7. The standard InChI is InChI=1S/C27H23N3O3/c28-16-19-8-6-18(7-9-19)12-13-29-26(21-4-2-1-3-5-21)27(33)23-17-30-24-14-20(15-25(31)32)10-11-22(23)24/h1-11,14,17,26,29-30H,12-13,15H2,(H,31,32)/t26-/m1/s1. The van der Waals surface area contributed by atoms with Crippen molar-refractivity contribution in [3.8, 4) is 6.07 Å². The van der Waals surface area contributed by atoms with Crippen LogP contribution < -0.4 is 5.32 Å². The van der Waals surface area contributed by atoms with E-state index in [0.29, 0.717) is 23.2 Å². The van der Waals surface area contributed by atoms with Crippen molar-refractivity contribution in [2.75, 3.05) is 6.54 Å². The predicted molar refractivity (Wildman–Crippen MR) is 126 cm³/mol. The van der Waals surface area contributed by atoms with Crippen LogP contribution in [-0.2, 0) is 17.6 Å². The quantitative estimate of drug-likeness (QED) is 0.336. The Kier molecular flexibility index (Phi) is 6.63. The lowest BCUT2D eigenvalue weighted by atomic mass is 9.96. The van der Waals surface area contributed by atoms with Crippen LogP contribution in [0.3, 0.4) is 0 Å². The van der Waals surface area contributed by atoms with Gasteiger partial charge in [0.2, 0.25) is 0 Å². The Balaban J connectivity index is 1.56. The number of nitrogens with zero attached hydrogens (tertiary/aromatic N) is 1. The molecule has 0 saturated carbocycles. The van der Waals surface area contributed by atoms with Crippen molar-refractivity contribution in [3.63, 3.8) is 0 Å². The minimum atomic E-state index is -0.896. The molecule has 6 nitrogen and oxygen atoms in total. The molecule has 0 bridgehead atoms. The Morgan fingerprint density at radius 3 is 2.42 bits per heavy atom. The molecule has 6 heteroatoms. The molecule has 1 aromatic heterocycles. The number of carboxylic acids is 1. The fourth-order valence-corrected chi connectivity index (χ4v) is 3.93. The van der Waals surface area contributed by atoms with Gasteiger partial charge in [0.25, 0.3) is 0 Å². The highest BCUT2D eigenvalue weighted by Gasteiger charge is 2.24. The summed E-state index contributed by atoms with van der Waals surface area (Å²) in [7, 11) is 0. The van der Waals surface area contributed by atoms with Crippen molar-refractivity contribution in [1.82, 2.24) is 10.3 Å². The van der Waals surface area contributed by atoms with Crippen LogP contribution in [-0.4, -0.2) is 28.4 Å². The van der Waals surface area contributed by atoms with Crippen molar-refractivity contribution in [3.05, 3.63) is 107 Å². The molecule has 0 aliphatic carbocycles. The smallest absolute Gasteiger partial charge is 0.307 e. The van der Waals surface area contributed by atoms with Gasteiger partial charge < -0.3 is 15.4 Å². The van der Waals surface area contributed by atoms with E-state index in [0.717, 1.165) is 28.5 Å².